The van der Waals surface area contributed by atoms with Crippen LogP contribution in [-0.4, -0.2) is 43.7 Å². The lowest BCUT2D eigenvalue weighted by Crippen LogP contribution is -2.42. The number of nitrogens with one attached hydrogen (secondary N) is 1. The Balaban J connectivity index is 1.39. The molecule has 27 heavy (non-hydrogen) atoms. The van der Waals surface area contributed by atoms with Crippen LogP contribution in [0.15, 0.2) is 36.9 Å². The number of carbonyl (C=O) groups excluding carboxylic acids is 1. The second kappa shape index (κ2) is 6.96. The fraction of sp³-hybridized carbons (Fsp3) is 0.368. The van der Waals surface area contributed by atoms with Crippen LogP contribution >= 0.6 is 0 Å². The van der Waals surface area contributed by atoms with Crippen LogP contribution in [0.2, 0.25) is 0 Å². The number of fused-ring (bicyclic) bond motifs is 2. The lowest BCUT2D eigenvalue weighted by molar-refractivity contribution is -0.121. The second-order valence-electron chi connectivity index (χ2n) is 6.99. The fourth-order valence-corrected chi connectivity index (χ4v) is 3.81. The summed E-state index contributed by atoms with van der Waals surface area (Å²) >= 11 is 0. The number of amides is 1. The van der Waals surface area contributed by atoms with Gasteiger partial charge in [-0.15, -0.1) is 0 Å². The summed E-state index contributed by atoms with van der Waals surface area (Å²) in [6.07, 6.45) is 5.06. The molecule has 140 valence electrons. The van der Waals surface area contributed by atoms with E-state index in [2.05, 4.69) is 26.3 Å². The van der Waals surface area contributed by atoms with Crippen molar-refractivity contribution >= 4 is 22.9 Å². The third-order valence-electron chi connectivity index (χ3n) is 5.40. The molecule has 1 aliphatic rings. The lowest BCUT2D eigenvalue weighted by atomic mass is 9.82. The first-order valence-electron chi connectivity index (χ1n) is 9.00. The summed E-state index contributed by atoms with van der Waals surface area (Å²) in [6.45, 7) is 0.896. The topological polar surface area (TPSA) is 119 Å². The predicted molar refractivity (Wildman–Crippen MR) is 101 cm³/mol. The van der Waals surface area contributed by atoms with Gasteiger partial charge in [-0.2, -0.15) is 0 Å². The van der Waals surface area contributed by atoms with Gasteiger partial charge < -0.3 is 20.7 Å². The van der Waals surface area contributed by atoms with Gasteiger partial charge in [-0.1, -0.05) is 24.3 Å². The van der Waals surface area contributed by atoms with Crippen LogP contribution in [0.1, 0.15) is 24.0 Å². The molecule has 4 rings (SSSR count). The van der Waals surface area contributed by atoms with Crippen molar-refractivity contribution in [2.24, 2.45) is 0 Å². The number of aliphatic hydroxyl groups excluding tert-OH is 1. The zero-order chi connectivity index (χ0) is 18.9. The van der Waals surface area contributed by atoms with Gasteiger partial charge in [-0.25, -0.2) is 15.0 Å². The van der Waals surface area contributed by atoms with Crippen LogP contribution in [0.4, 0.5) is 5.82 Å². The molecule has 0 saturated carbocycles. The van der Waals surface area contributed by atoms with Crippen molar-refractivity contribution in [3.63, 3.8) is 0 Å². The molecule has 3 aromatic rings. The van der Waals surface area contributed by atoms with E-state index in [1.54, 1.807) is 10.9 Å². The maximum atomic E-state index is 12.4. The van der Waals surface area contributed by atoms with Gasteiger partial charge in [0.25, 0.3) is 0 Å². The van der Waals surface area contributed by atoms with E-state index in [0.717, 1.165) is 18.4 Å². The highest BCUT2D eigenvalue weighted by Gasteiger charge is 2.38. The van der Waals surface area contributed by atoms with E-state index in [4.69, 9.17) is 5.73 Å². The molecule has 4 N–H and O–H groups in total. The van der Waals surface area contributed by atoms with Crippen molar-refractivity contribution in [3.8, 4) is 0 Å². The second-order valence-corrected chi connectivity index (χ2v) is 6.99. The Bertz CT molecular complexity index is 985. The molecule has 1 unspecified atom stereocenters. The first-order chi connectivity index (χ1) is 13.1. The predicted octanol–water partition coefficient (Wildman–Crippen LogP) is 0.791. The van der Waals surface area contributed by atoms with E-state index in [1.807, 2.05) is 18.2 Å². The number of imidazole rings is 1. The molecule has 0 spiro atoms. The summed E-state index contributed by atoms with van der Waals surface area (Å²) in [7, 11) is 0. The van der Waals surface area contributed by atoms with Crippen molar-refractivity contribution in [3.05, 3.63) is 48.0 Å². The fourth-order valence-electron chi connectivity index (χ4n) is 3.81. The van der Waals surface area contributed by atoms with Gasteiger partial charge in [0.1, 0.15) is 11.8 Å². The van der Waals surface area contributed by atoms with Crippen LogP contribution in [-0.2, 0) is 23.2 Å². The molecular formula is C19H22N6O2. The molecule has 0 radical (unpaired) electrons. The summed E-state index contributed by atoms with van der Waals surface area (Å²) < 4.78 is 1.79. The average molecular weight is 366 g/mol. The summed E-state index contributed by atoms with van der Waals surface area (Å²) in [5.74, 6) is 0.254. The number of aliphatic hydroxyl groups is 1. The van der Waals surface area contributed by atoms with Crippen LogP contribution in [0.3, 0.4) is 0 Å². The number of carbonyl (C=O) groups is 1. The summed E-state index contributed by atoms with van der Waals surface area (Å²) in [6, 6.07) is 8.13. The van der Waals surface area contributed by atoms with Crippen molar-refractivity contribution in [2.45, 2.75) is 31.2 Å². The quantitative estimate of drug-likeness (QED) is 0.593. The zero-order valence-electron chi connectivity index (χ0n) is 14.9. The molecule has 8 nitrogen and oxygen atoms in total. The van der Waals surface area contributed by atoms with Gasteiger partial charge in [0, 0.05) is 24.9 Å². The third-order valence-corrected chi connectivity index (χ3v) is 5.40. The normalized spacial score (nSPS) is 18.6. The number of hydrogen-bond acceptors (Lipinski definition) is 6. The zero-order valence-corrected chi connectivity index (χ0v) is 14.9. The minimum Gasteiger partial charge on any atom is -0.395 e. The van der Waals surface area contributed by atoms with Crippen molar-refractivity contribution in [1.29, 1.82) is 0 Å². The van der Waals surface area contributed by atoms with E-state index in [-0.39, 0.29) is 12.5 Å². The number of nitrogens with two attached hydrogens (primary N) is 1. The van der Waals surface area contributed by atoms with Gasteiger partial charge in [0.15, 0.2) is 11.5 Å². The number of benzene rings is 1. The number of hydrogen-bond donors (Lipinski definition) is 3. The SMILES string of the molecule is Nc1ncnc2c1ncn2CCC(=O)NCC1(CO)CCc2ccccc21. The Morgan fingerprint density at radius 1 is 1.30 bits per heavy atom. The molecule has 0 saturated heterocycles. The number of anilines is 1. The van der Waals surface area contributed by atoms with Gasteiger partial charge in [-0.05, 0) is 24.0 Å². The Morgan fingerprint density at radius 2 is 2.15 bits per heavy atom. The summed E-state index contributed by atoms with van der Waals surface area (Å²) in [4.78, 5) is 24.7. The van der Waals surface area contributed by atoms with E-state index in [0.29, 0.717) is 36.5 Å². The number of nitrogen functional groups attached to an aromatic ring is 1. The van der Waals surface area contributed by atoms with Gasteiger partial charge in [0.05, 0.1) is 12.9 Å². The molecule has 1 aromatic carbocycles. The van der Waals surface area contributed by atoms with Gasteiger partial charge >= 0.3 is 0 Å². The van der Waals surface area contributed by atoms with Crippen LogP contribution in [0.5, 0.6) is 0 Å². The number of aromatic nitrogens is 4. The summed E-state index contributed by atoms with van der Waals surface area (Å²) in [5, 5.41) is 13.0. The standard InChI is InChI=1S/C19H22N6O2/c20-17-16-18(23-11-22-17)25(12-24-16)8-6-15(27)21-9-19(10-26)7-5-13-3-1-2-4-14(13)19/h1-4,11-12,26H,5-10H2,(H,21,27)(H2,20,22,23). The molecule has 0 fully saturated rings. The highest BCUT2D eigenvalue weighted by molar-refractivity contribution is 5.81. The van der Waals surface area contributed by atoms with Gasteiger partial charge in [-0.3, -0.25) is 4.79 Å². The summed E-state index contributed by atoms with van der Waals surface area (Å²) in [5.41, 5.74) is 8.94. The van der Waals surface area contributed by atoms with E-state index < -0.39 is 5.41 Å². The first-order valence-corrected chi connectivity index (χ1v) is 9.00. The van der Waals surface area contributed by atoms with Crippen molar-refractivity contribution in [1.82, 2.24) is 24.8 Å². The largest absolute Gasteiger partial charge is 0.395 e. The third kappa shape index (κ3) is 3.12. The minimum atomic E-state index is -0.393. The highest BCUT2D eigenvalue weighted by atomic mass is 16.3. The molecule has 2 aromatic heterocycles. The van der Waals surface area contributed by atoms with Crippen LogP contribution < -0.4 is 11.1 Å². The Hall–Kier alpha value is -3.00. The molecule has 8 heteroatoms. The van der Waals surface area contributed by atoms with Gasteiger partial charge in [0.2, 0.25) is 5.91 Å². The molecule has 1 aliphatic carbocycles. The molecule has 0 aliphatic heterocycles. The minimum absolute atomic E-state index is 0.0205. The van der Waals surface area contributed by atoms with Crippen molar-refractivity contribution in [2.75, 3.05) is 18.9 Å². The molecular weight excluding hydrogens is 344 g/mol. The number of rotatable bonds is 6. The number of nitrogens with zero attached hydrogens (tertiary/aromatic N) is 4. The highest BCUT2D eigenvalue weighted by Crippen LogP contribution is 2.38. The molecule has 2 heterocycles. The van der Waals surface area contributed by atoms with Crippen LogP contribution in [0, 0.1) is 0 Å². The molecule has 0 bridgehead atoms. The Kier molecular flexibility index (Phi) is 4.49. The Morgan fingerprint density at radius 3 is 3.00 bits per heavy atom. The van der Waals surface area contributed by atoms with Crippen LogP contribution in [0.25, 0.3) is 11.2 Å². The van der Waals surface area contributed by atoms with E-state index >= 15 is 0 Å². The first kappa shape index (κ1) is 17.4. The average Bonchev–Trinajstić information content (AvgIpc) is 3.28. The van der Waals surface area contributed by atoms with Crippen molar-refractivity contribution < 1.29 is 9.90 Å². The van der Waals surface area contributed by atoms with E-state index in [1.165, 1.54) is 11.9 Å². The maximum absolute atomic E-state index is 12.4. The Labute approximate surface area is 156 Å². The molecule has 1 amide bonds. The maximum Gasteiger partial charge on any atom is 0.221 e. The molecule has 1 atom stereocenters. The lowest BCUT2D eigenvalue weighted by Gasteiger charge is -2.28. The number of aryl methyl sites for hydroxylation is 2. The van der Waals surface area contributed by atoms with E-state index in [9.17, 15) is 9.90 Å². The smallest absolute Gasteiger partial charge is 0.221 e. The monoisotopic (exact) mass is 366 g/mol.